The van der Waals surface area contributed by atoms with Crippen LogP contribution < -0.4 is 10.1 Å². The topological polar surface area (TPSA) is 69.0 Å². The van der Waals surface area contributed by atoms with Crippen LogP contribution in [-0.2, 0) is 4.79 Å². The van der Waals surface area contributed by atoms with Crippen molar-refractivity contribution in [2.45, 2.75) is 36.2 Å². The Labute approximate surface area is 166 Å². The average Bonchev–Trinajstić information content (AvgIpc) is 3.17. The molecule has 1 aliphatic rings. The summed E-state index contributed by atoms with van der Waals surface area (Å²) >= 11 is 3.01. The fourth-order valence-corrected chi connectivity index (χ4v) is 4.27. The smallest absolute Gasteiger partial charge is 0.233 e. The minimum atomic E-state index is -0.264. The van der Waals surface area contributed by atoms with E-state index in [1.54, 1.807) is 18.4 Å². The van der Waals surface area contributed by atoms with Gasteiger partial charge in [-0.05, 0) is 43.3 Å². The zero-order valence-corrected chi connectivity index (χ0v) is 16.7. The minimum Gasteiger partial charge on any atom is -0.495 e. The first kappa shape index (κ1) is 18.1. The lowest BCUT2D eigenvalue weighted by molar-refractivity contribution is -0.120. The Hall–Kier alpha value is -2.32. The van der Waals surface area contributed by atoms with Crippen molar-refractivity contribution in [2.75, 3.05) is 7.11 Å². The predicted octanol–water partition coefficient (Wildman–Crippen LogP) is 3.76. The summed E-state index contributed by atoms with van der Waals surface area (Å²) in [7, 11) is 1.65. The highest BCUT2D eigenvalue weighted by atomic mass is 32.2. The van der Waals surface area contributed by atoms with Crippen LogP contribution in [0.25, 0.3) is 16.4 Å². The second-order valence-corrected chi connectivity index (χ2v) is 8.59. The van der Waals surface area contributed by atoms with Gasteiger partial charge in [-0.2, -0.15) is 0 Å². The summed E-state index contributed by atoms with van der Waals surface area (Å²) in [4.78, 5) is 13.4. The van der Waals surface area contributed by atoms with Crippen LogP contribution in [0.5, 0.6) is 5.75 Å². The monoisotopic (exact) mass is 400 g/mol. The number of thioether (sulfide) groups is 1. The van der Waals surface area contributed by atoms with Gasteiger partial charge in [-0.15, -0.1) is 21.5 Å². The number of hydrogen-bond donors (Lipinski definition) is 1. The second-order valence-electron chi connectivity index (χ2n) is 6.33. The molecule has 0 saturated heterocycles. The summed E-state index contributed by atoms with van der Waals surface area (Å²) in [6.07, 6.45) is 2.14. The Bertz CT molecular complexity index is 935. The van der Waals surface area contributed by atoms with Gasteiger partial charge in [0.1, 0.15) is 5.75 Å². The van der Waals surface area contributed by atoms with E-state index in [0.29, 0.717) is 11.2 Å². The largest absolute Gasteiger partial charge is 0.495 e. The first-order valence-electron chi connectivity index (χ1n) is 8.77. The fourth-order valence-electron chi connectivity index (χ4n) is 2.70. The van der Waals surface area contributed by atoms with E-state index in [-0.39, 0.29) is 11.2 Å². The van der Waals surface area contributed by atoms with Crippen LogP contribution in [-0.4, -0.2) is 39.1 Å². The van der Waals surface area contributed by atoms with E-state index in [4.69, 9.17) is 4.74 Å². The molecule has 1 fully saturated rings. The van der Waals surface area contributed by atoms with Gasteiger partial charge in [0.25, 0.3) is 0 Å². The van der Waals surface area contributed by atoms with E-state index in [1.165, 1.54) is 11.8 Å². The van der Waals surface area contributed by atoms with E-state index < -0.39 is 0 Å². The third-order valence-corrected chi connectivity index (χ3v) is 6.18. The highest BCUT2D eigenvalue weighted by Crippen LogP contribution is 2.35. The number of aromatic nitrogens is 3. The molecule has 1 aliphatic carbocycles. The van der Waals surface area contributed by atoms with Crippen molar-refractivity contribution in [1.29, 1.82) is 0 Å². The van der Waals surface area contributed by atoms with E-state index in [9.17, 15) is 4.79 Å². The predicted molar refractivity (Wildman–Crippen MR) is 108 cm³/mol. The molecule has 1 amide bonds. The number of para-hydroxylation sites is 2. The summed E-state index contributed by atoms with van der Waals surface area (Å²) < 4.78 is 7.52. The molecule has 0 radical (unpaired) electrons. The summed E-state index contributed by atoms with van der Waals surface area (Å²) in [5, 5.41) is 14.3. The van der Waals surface area contributed by atoms with Crippen LogP contribution in [0.4, 0.5) is 0 Å². The lowest BCUT2D eigenvalue weighted by Crippen LogP contribution is -2.32. The fraction of sp³-hybridized carbons (Fsp3) is 0.316. The van der Waals surface area contributed by atoms with Gasteiger partial charge >= 0.3 is 0 Å². The molecule has 0 unspecified atom stereocenters. The van der Waals surface area contributed by atoms with Crippen LogP contribution in [0.1, 0.15) is 19.8 Å². The van der Waals surface area contributed by atoms with Crippen LogP contribution >= 0.6 is 23.1 Å². The van der Waals surface area contributed by atoms with Crippen LogP contribution in [0.15, 0.2) is 46.9 Å². The quantitative estimate of drug-likeness (QED) is 0.612. The molecule has 3 aromatic rings. The van der Waals surface area contributed by atoms with Gasteiger partial charge in [0, 0.05) is 6.04 Å². The molecule has 0 spiro atoms. The number of nitrogens with one attached hydrogen (secondary N) is 1. The SMILES string of the molecule is COc1ccccc1-n1c(S[C@H](C)C(=O)NC2CC2)nnc1-c1cccs1. The first-order chi connectivity index (χ1) is 13.2. The third-order valence-electron chi connectivity index (χ3n) is 4.28. The standard InChI is InChI=1S/C19H20N4O2S2/c1-12(18(24)20-13-9-10-13)27-19-22-21-17(16-8-5-11-26-16)23(19)14-6-3-4-7-15(14)25-2/h3-8,11-13H,9-10H2,1-2H3,(H,20,24)/t12-/m1/s1. The number of hydrogen-bond acceptors (Lipinski definition) is 6. The zero-order valence-electron chi connectivity index (χ0n) is 15.1. The molecular weight excluding hydrogens is 380 g/mol. The molecule has 0 bridgehead atoms. The second kappa shape index (κ2) is 7.74. The van der Waals surface area contributed by atoms with Crippen molar-refractivity contribution in [1.82, 2.24) is 20.1 Å². The molecule has 8 heteroatoms. The highest BCUT2D eigenvalue weighted by Gasteiger charge is 2.28. The van der Waals surface area contributed by atoms with E-state index in [1.807, 2.05) is 53.3 Å². The number of rotatable bonds is 7. The molecule has 1 saturated carbocycles. The molecular formula is C19H20N4O2S2. The van der Waals surface area contributed by atoms with Crippen molar-refractivity contribution in [3.05, 3.63) is 41.8 Å². The van der Waals surface area contributed by atoms with Gasteiger partial charge in [0.05, 0.1) is 22.9 Å². The molecule has 1 atom stereocenters. The van der Waals surface area contributed by atoms with Gasteiger partial charge in [-0.1, -0.05) is 30.0 Å². The van der Waals surface area contributed by atoms with Crippen LogP contribution in [0.3, 0.4) is 0 Å². The molecule has 140 valence electrons. The van der Waals surface area contributed by atoms with Crippen molar-refractivity contribution < 1.29 is 9.53 Å². The Morgan fingerprint density at radius 3 is 2.81 bits per heavy atom. The highest BCUT2D eigenvalue weighted by molar-refractivity contribution is 8.00. The van der Waals surface area contributed by atoms with Crippen molar-refractivity contribution in [3.8, 4) is 22.1 Å². The number of methoxy groups -OCH3 is 1. The number of carbonyl (C=O) groups excluding carboxylic acids is 1. The first-order valence-corrected chi connectivity index (χ1v) is 10.5. The molecule has 2 aromatic heterocycles. The lowest BCUT2D eigenvalue weighted by Gasteiger charge is -2.15. The molecule has 0 aliphatic heterocycles. The van der Waals surface area contributed by atoms with Gasteiger partial charge in [-0.25, -0.2) is 0 Å². The summed E-state index contributed by atoms with van der Waals surface area (Å²) in [6.45, 7) is 1.90. The maximum Gasteiger partial charge on any atom is 0.233 e. The Balaban J connectivity index is 1.72. The number of amides is 1. The molecule has 4 rings (SSSR count). The van der Waals surface area contributed by atoms with Gasteiger partial charge in [-0.3, -0.25) is 9.36 Å². The number of nitrogens with zero attached hydrogens (tertiary/aromatic N) is 3. The maximum absolute atomic E-state index is 12.4. The number of benzene rings is 1. The Kier molecular flexibility index (Phi) is 5.18. The molecule has 1 aromatic carbocycles. The van der Waals surface area contributed by atoms with Crippen molar-refractivity contribution in [3.63, 3.8) is 0 Å². The van der Waals surface area contributed by atoms with Crippen LogP contribution in [0.2, 0.25) is 0 Å². The molecule has 6 nitrogen and oxygen atoms in total. The normalized spacial score (nSPS) is 14.7. The van der Waals surface area contributed by atoms with Crippen molar-refractivity contribution >= 4 is 29.0 Å². The Morgan fingerprint density at radius 2 is 2.11 bits per heavy atom. The summed E-state index contributed by atoms with van der Waals surface area (Å²) in [6, 6.07) is 12.1. The summed E-state index contributed by atoms with van der Waals surface area (Å²) in [5.41, 5.74) is 0.853. The lowest BCUT2D eigenvalue weighted by atomic mass is 10.3. The molecule has 27 heavy (non-hydrogen) atoms. The third kappa shape index (κ3) is 3.86. The molecule has 1 N–H and O–H groups in total. The maximum atomic E-state index is 12.4. The Morgan fingerprint density at radius 1 is 1.30 bits per heavy atom. The van der Waals surface area contributed by atoms with E-state index >= 15 is 0 Å². The minimum absolute atomic E-state index is 0.0368. The van der Waals surface area contributed by atoms with Gasteiger partial charge in [0.15, 0.2) is 11.0 Å². The van der Waals surface area contributed by atoms with Crippen molar-refractivity contribution in [2.24, 2.45) is 0 Å². The number of carbonyl (C=O) groups is 1. The number of ether oxygens (including phenoxy) is 1. The van der Waals surface area contributed by atoms with E-state index in [0.717, 1.165) is 35.0 Å². The average molecular weight is 401 g/mol. The molecule has 2 heterocycles. The number of thiophene rings is 1. The van der Waals surface area contributed by atoms with Gasteiger partial charge < -0.3 is 10.1 Å². The summed E-state index contributed by atoms with van der Waals surface area (Å²) in [5.74, 6) is 1.51. The zero-order chi connectivity index (χ0) is 18.8. The van der Waals surface area contributed by atoms with Crippen LogP contribution in [0, 0.1) is 0 Å². The van der Waals surface area contributed by atoms with E-state index in [2.05, 4.69) is 15.5 Å². The van der Waals surface area contributed by atoms with Gasteiger partial charge in [0.2, 0.25) is 5.91 Å².